The highest BCUT2D eigenvalue weighted by atomic mass is 35.5. The van der Waals surface area contributed by atoms with Gasteiger partial charge in [-0.2, -0.15) is 0 Å². The maximum absolute atomic E-state index is 11.8. The highest BCUT2D eigenvalue weighted by molar-refractivity contribution is 6.17. The van der Waals surface area contributed by atoms with Crippen molar-refractivity contribution in [3.63, 3.8) is 0 Å². The number of halogens is 1. The number of amides is 1. The molecule has 0 spiro atoms. The van der Waals surface area contributed by atoms with E-state index in [9.17, 15) is 9.59 Å². The Morgan fingerprint density at radius 1 is 1.17 bits per heavy atom. The molecule has 0 saturated heterocycles. The second-order valence-corrected chi connectivity index (χ2v) is 3.99. The molecular formula is C13H11ClN2O2. The van der Waals surface area contributed by atoms with Gasteiger partial charge in [0.05, 0.1) is 5.56 Å². The van der Waals surface area contributed by atoms with E-state index in [0.29, 0.717) is 17.1 Å². The quantitative estimate of drug-likeness (QED) is 0.834. The van der Waals surface area contributed by atoms with Gasteiger partial charge in [-0.1, -0.05) is 12.1 Å². The van der Waals surface area contributed by atoms with E-state index in [2.05, 4.69) is 10.3 Å². The second-order valence-electron chi connectivity index (χ2n) is 3.73. The van der Waals surface area contributed by atoms with Gasteiger partial charge in [0, 0.05) is 23.8 Å². The summed E-state index contributed by atoms with van der Waals surface area (Å²) in [6.07, 6.45) is 1.38. The summed E-state index contributed by atoms with van der Waals surface area (Å²) in [6, 6.07) is 10.0. The number of aromatic nitrogens is 1. The first-order valence-corrected chi connectivity index (χ1v) is 5.87. The van der Waals surface area contributed by atoms with Crippen LogP contribution in [0.4, 0.5) is 5.69 Å². The number of benzene rings is 1. The fraction of sp³-hybridized carbons (Fsp3) is 0.0769. The summed E-state index contributed by atoms with van der Waals surface area (Å²) in [7, 11) is 0. The van der Waals surface area contributed by atoms with Crippen molar-refractivity contribution in [2.45, 2.75) is 5.88 Å². The molecule has 2 rings (SSSR count). The predicted octanol–water partition coefficient (Wildman–Crippen LogP) is 2.37. The minimum absolute atomic E-state index is 0.238. The second kappa shape index (κ2) is 5.51. The van der Waals surface area contributed by atoms with Crippen LogP contribution in [0.15, 0.2) is 47.4 Å². The van der Waals surface area contributed by atoms with Crippen LogP contribution in [0.1, 0.15) is 15.9 Å². The Hall–Kier alpha value is -2.07. The summed E-state index contributed by atoms with van der Waals surface area (Å²) in [5, 5.41) is 2.72. The molecule has 0 saturated carbocycles. The standard InChI is InChI=1S/C13H11ClN2O2/c14-7-9-1-4-11(5-2-9)16-13(18)10-3-6-12(17)15-8-10/h1-6,8H,7H2,(H,15,17)(H,16,18). The van der Waals surface area contributed by atoms with Gasteiger partial charge in [-0.15, -0.1) is 11.6 Å². The largest absolute Gasteiger partial charge is 0.328 e. The number of hydrogen-bond donors (Lipinski definition) is 2. The van der Waals surface area contributed by atoms with E-state index in [4.69, 9.17) is 11.6 Å². The fourth-order valence-electron chi connectivity index (χ4n) is 1.43. The van der Waals surface area contributed by atoms with Gasteiger partial charge in [-0.3, -0.25) is 9.59 Å². The summed E-state index contributed by atoms with van der Waals surface area (Å²) < 4.78 is 0. The Bertz CT molecular complexity index is 585. The van der Waals surface area contributed by atoms with Crippen molar-refractivity contribution in [1.82, 2.24) is 4.98 Å². The van der Waals surface area contributed by atoms with E-state index in [1.165, 1.54) is 18.3 Å². The van der Waals surface area contributed by atoms with Gasteiger partial charge in [0.2, 0.25) is 5.56 Å². The molecule has 0 aliphatic rings. The Labute approximate surface area is 109 Å². The molecule has 0 aliphatic heterocycles. The lowest BCUT2D eigenvalue weighted by molar-refractivity contribution is 0.102. The number of nitrogens with one attached hydrogen (secondary N) is 2. The fourth-order valence-corrected chi connectivity index (χ4v) is 1.61. The van der Waals surface area contributed by atoms with E-state index in [-0.39, 0.29) is 11.5 Å². The molecule has 1 aromatic carbocycles. The lowest BCUT2D eigenvalue weighted by atomic mass is 10.2. The third-order valence-electron chi connectivity index (χ3n) is 2.41. The number of rotatable bonds is 3. The normalized spacial score (nSPS) is 10.1. The molecule has 0 radical (unpaired) electrons. The van der Waals surface area contributed by atoms with Gasteiger partial charge in [-0.25, -0.2) is 0 Å². The number of H-pyrrole nitrogens is 1. The number of carbonyl (C=O) groups excluding carboxylic acids is 1. The molecule has 5 heteroatoms. The van der Waals surface area contributed by atoms with Crippen molar-refractivity contribution in [3.05, 3.63) is 64.1 Å². The molecular weight excluding hydrogens is 252 g/mol. The predicted molar refractivity (Wildman–Crippen MR) is 71.0 cm³/mol. The van der Waals surface area contributed by atoms with Crippen LogP contribution in [0.5, 0.6) is 0 Å². The molecule has 92 valence electrons. The zero-order chi connectivity index (χ0) is 13.0. The number of aromatic amines is 1. The van der Waals surface area contributed by atoms with Crippen LogP contribution >= 0.6 is 11.6 Å². The van der Waals surface area contributed by atoms with Crippen molar-refractivity contribution in [2.75, 3.05) is 5.32 Å². The van der Waals surface area contributed by atoms with Crippen LogP contribution in [-0.2, 0) is 5.88 Å². The smallest absolute Gasteiger partial charge is 0.257 e. The third kappa shape index (κ3) is 2.99. The number of carbonyl (C=O) groups is 1. The molecule has 0 aliphatic carbocycles. The topological polar surface area (TPSA) is 62.0 Å². The maximum Gasteiger partial charge on any atom is 0.257 e. The van der Waals surface area contributed by atoms with Crippen LogP contribution < -0.4 is 10.9 Å². The number of anilines is 1. The molecule has 2 aromatic rings. The van der Waals surface area contributed by atoms with Gasteiger partial charge in [0.1, 0.15) is 0 Å². The molecule has 0 atom stereocenters. The van der Waals surface area contributed by atoms with E-state index in [0.717, 1.165) is 5.56 Å². The zero-order valence-electron chi connectivity index (χ0n) is 9.44. The lowest BCUT2D eigenvalue weighted by Gasteiger charge is -2.05. The Morgan fingerprint density at radius 3 is 2.44 bits per heavy atom. The van der Waals surface area contributed by atoms with Crippen molar-refractivity contribution in [3.8, 4) is 0 Å². The van der Waals surface area contributed by atoms with E-state index in [1.807, 2.05) is 12.1 Å². The summed E-state index contributed by atoms with van der Waals surface area (Å²) in [6.45, 7) is 0. The number of hydrogen-bond acceptors (Lipinski definition) is 2. The number of pyridine rings is 1. The SMILES string of the molecule is O=C(Nc1ccc(CCl)cc1)c1ccc(=O)[nH]c1. The molecule has 18 heavy (non-hydrogen) atoms. The molecule has 1 aromatic heterocycles. The van der Waals surface area contributed by atoms with Crippen LogP contribution in [0.25, 0.3) is 0 Å². The first-order valence-electron chi connectivity index (χ1n) is 5.34. The minimum Gasteiger partial charge on any atom is -0.328 e. The Kier molecular flexibility index (Phi) is 3.79. The molecule has 0 fully saturated rings. The zero-order valence-corrected chi connectivity index (χ0v) is 10.2. The number of alkyl halides is 1. The molecule has 0 unspecified atom stereocenters. The Morgan fingerprint density at radius 2 is 1.89 bits per heavy atom. The average molecular weight is 263 g/mol. The molecule has 2 N–H and O–H groups in total. The van der Waals surface area contributed by atoms with Crippen molar-refractivity contribution >= 4 is 23.2 Å². The Balaban J connectivity index is 2.10. The van der Waals surface area contributed by atoms with Crippen molar-refractivity contribution in [1.29, 1.82) is 0 Å². The average Bonchev–Trinajstić information content (AvgIpc) is 2.40. The van der Waals surface area contributed by atoms with Gasteiger partial charge in [0.25, 0.3) is 5.91 Å². The molecule has 1 heterocycles. The lowest BCUT2D eigenvalue weighted by Crippen LogP contribution is -2.14. The van der Waals surface area contributed by atoms with Crippen molar-refractivity contribution in [2.24, 2.45) is 0 Å². The molecule has 0 bridgehead atoms. The first-order chi connectivity index (χ1) is 8.69. The summed E-state index contributed by atoms with van der Waals surface area (Å²) >= 11 is 5.67. The van der Waals surface area contributed by atoms with Crippen LogP contribution in [-0.4, -0.2) is 10.9 Å². The first kappa shape index (κ1) is 12.4. The molecule has 1 amide bonds. The van der Waals surface area contributed by atoms with Gasteiger partial charge >= 0.3 is 0 Å². The monoisotopic (exact) mass is 262 g/mol. The molecule has 4 nitrogen and oxygen atoms in total. The maximum atomic E-state index is 11.8. The van der Waals surface area contributed by atoms with Crippen LogP contribution in [0, 0.1) is 0 Å². The van der Waals surface area contributed by atoms with Gasteiger partial charge in [0.15, 0.2) is 0 Å². The highest BCUT2D eigenvalue weighted by Gasteiger charge is 2.05. The minimum atomic E-state index is -0.273. The van der Waals surface area contributed by atoms with Crippen molar-refractivity contribution < 1.29 is 4.79 Å². The summed E-state index contributed by atoms with van der Waals surface area (Å²) in [5.41, 5.74) is 1.83. The summed E-state index contributed by atoms with van der Waals surface area (Å²) in [5.74, 6) is 0.165. The summed E-state index contributed by atoms with van der Waals surface area (Å²) in [4.78, 5) is 25.1. The van der Waals surface area contributed by atoms with E-state index >= 15 is 0 Å². The van der Waals surface area contributed by atoms with E-state index in [1.54, 1.807) is 12.1 Å². The van der Waals surface area contributed by atoms with Gasteiger partial charge in [-0.05, 0) is 23.8 Å². The van der Waals surface area contributed by atoms with Gasteiger partial charge < -0.3 is 10.3 Å². The highest BCUT2D eigenvalue weighted by Crippen LogP contribution is 2.12. The third-order valence-corrected chi connectivity index (χ3v) is 2.72. The van der Waals surface area contributed by atoms with Crippen LogP contribution in [0.2, 0.25) is 0 Å². The van der Waals surface area contributed by atoms with E-state index < -0.39 is 0 Å². The van der Waals surface area contributed by atoms with Crippen LogP contribution in [0.3, 0.4) is 0 Å².